The summed E-state index contributed by atoms with van der Waals surface area (Å²) in [6.07, 6.45) is 0. The lowest BCUT2D eigenvalue weighted by molar-refractivity contribution is -0.117. The van der Waals surface area contributed by atoms with Crippen molar-refractivity contribution >= 4 is 17.3 Å². The summed E-state index contributed by atoms with van der Waals surface area (Å²) in [6, 6.07) is 5.79. The minimum atomic E-state index is -0.212. The first-order valence-corrected chi connectivity index (χ1v) is 4.93. The third kappa shape index (κ3) is 1.57. The Morgan fingerprint density at radius 1 is 1.40 bits per heavy atom. The average molecular weight is 205 g/mol. The molecule has 0 bridgehead atoms. The minimum Gasteiger partial charge on any atom is -0.378 e. The number of nitrogens with zero attached hydrogens (tertiary/aromatic N) is 1. The lowest BCUT2D eigenvalue weighted by Gasteiger charge is -2.14. The van der Waals surface area contributed by atoms with Crippen molar-refractivity contribution in [3.05, 3.63) is 23.8 Å². The second-order valence-corrected chi connectivity index (χ2v) is 3.88. The molecule has 80 valence electrons. The highest BCUT2D eigenvalue weighted by molar-refractivity contribution is 6.03. The molecule has 0 saturated carbocycles. The fourth-order valence-corrected chi connectivity index (χ4v) is 1.82. The number of hydrogen-bond acceptors (Lipinski definition) is 3. The second kappa shape index (κ2) is 3.55. The summed E-state index contributed by atoms with van der Waals surface area (Å²) in [4.78, 5) is 13.6. The summed E-state index contributed by atoms with van der Waals surface area (Å²) in [5.41, 5.74) is 3.02. The van der Waals surface area contributed by atoms with Gasteiger partial charge < -0.3 is 15.5 Å². The molecule has 1 atom stereocenters. The van der Waals surface area contributed by atoms with E-state index >= 15 is 0 Å². The predicted molar refractivity (Wildman–Crippen MR) is 61.2 cm³/mol. The average Bonchev–Trinajstić information content (AvgIpc) is 2.51. The van der Waals surface area contributed by atoms with Gasteiger partial charge in [-0.15, -0.1) is 0 Å². The van der Waals surface area contributed by atoms with Gasteiger partial charge in [0.05, 0.1) is 0 Å². The van der Waals surface area contributed by atoms with E-state index in [9.17, 15) is 4.79 Å². The molecule has 4 nitrogen and oxygen atoms in total. The molecule has 1 aliphatic rings. The van der Waals surface area contributed by atoms with Crippen molar-refractivity contribution in [1.82, 2.24) is 5.32 Å². The second-order valence-electron chi connectivity index (χ2n) is 3.88. The van der Waals surface area contributed by atoms with Gasteiger partial charge in [0.15, 0.2) is 0 Å². The van der Waals surface area contributed by atoms with Crippen molar-refractivity contribution in [2.24, 2.45) is 0 Å². The van der Waals surface area contributed by atoms with Gasteiger partial charge in [-0.3, -0.25) is 4.79 Å². The maximum absolute atomic E-state index is 11.6. The van der Waals surface area contributed by atoms with Gasteiger partial charge in [-0.1, -0.05) is 6.07 Å². The number of rotatable bonds is 2. The number of anilines is 2. The van der Waals surface area contributed by atoms with Gasteiger partial charge in [-0.2, -0.15) is 0 Å². The van der Waals surface area contributed by atoms with Crippen LogP contribution in [0.4, 0.5) is 11.4 Å². The van der Waals surface area contributed by atoms with Gasteiger partial charge in [0.25, 0.3) is 0 Å². The Balaban J connectivity index is 2.41. The van der Waals surface area contributed by atoms with Gasteiger partial charge in [-0.25, -0.2) is 0 Å². The van der Waals surface area contributed by atoms with Crippen LogP contribution in [0, 0.1) is 0 Å². The van der Waals surface area contributed by atoms with Crippen LogP contribution in [0.5, 0.6) is 0 Å². The van der Waals surface area contributed by atoms with Gasteiger partial charge in [-0.05, 0) is 19.2 Å². The smallest absolute Gasteiger partial charge is 0.246 e. The molecule has 2 N–H and O–H groups in total. The summed E-state index contributed by atoms with van der Waals surface area (Å²) in [5.74, 6) is 0.0170. The van der Waals surface area contributed by atoms with Crippen molar-refractivity contribution in [1.29, 1.82) is 0 Å². The third-order valence-electron chi connectivity index (χ3n) is 2.67. The van der Waals surface area contributed by atoms with Crippen molar-refractivity contribution in [3.63, 3.8) is 0 Å². The third-order valence-corrected chi connectivity index (χ3v) is 2.67. The van der Waals surface area contributed by atoms with Crippen LogP contribution >= 0.6 is 0 Å². The van der Waals surface area contributed by atoms with Crippen LogP contribution in [0.25, 0.3) is 0 Å². The largest absolute Gasteiger partial charge is 0.378 e. The first-order chi connectivity index (χ1) is 7.13. The highest BCUT2D eigenvalue weighted by Crippen LogP contribution is 2.33. The maximum Gasteiger partial charge on any atom is 0.246 e. The zero-order valence-corrected chi connectivity index (χ0v) is 9.16. The summed E-state index contributed by atoms with van der Waals surface area (Å²) in [7, 11) is 5.75. The van der Waals surface area contributed by atoms with Gasteiger partial charge in [0.1, 0.15) is 6.04 Å². The fraction of sp³-hybridized carbons (Fsp3) is 0.364. The Hall–Kier alpha value is -1.55. The Bertz CT molecular complexity index is 401. The molecule has 1 aromatic carbocycles. The molecule has 1 aromatic rings. The van der Waals surface area contributed by atoms with E-state index in [0.717, 1.165) is 16.9 Å². The van der Waals surface area contributed by atoms with Crippen LogP contribution < -0.4 is 15.5 Å². The SMILES string of the molecule is CNC1C(=O)Nc2cc(N(C)C)ccc21. The van der Waals surface area contributed by atoms with Gasteiger partial charge >= 0.3 is 0 Å². The molecule has 0 radical (unpaired) electrons. The van der Waals surface area contributed by atoms with Crippen molar-refractivity contribution in [2.45, 2.75) is 6.04 Å². The summed E-state index contributed by atoms with van der Waals surface area (Å²) in [6.45, 7) is 0. The normalized spacial score (nSPS) is 18.6. The molecule has 1 unspecified atom stereocenters. The molecule has 0 spiro atoms. The number of fused-ring (bicyclic) bond motifs is 1. The van der Waals surface area contributed by atoms with Crippen molar-refractivity contribution in [3.8, 4) is 0 Å². The predicted octanol–water partition coefficient (Wildman–Crippen LogP) is 0.965. The molecular formula is C11H15N3O. The zero-order chi connectivity index (χ0) is 11.0. The molecular weight excluding hydrogens is 190 g/mol. The number of benzene rings is 1. The van der Waals surface area contributed by atoms with Crippen molar-refractivity contribution in [2.75, 3.05) is 31.4 Å². The van der Waals surface area contributed by atoms with E-state index in [1.54, 1.807) is 7.05 Å². The first kappa shape index (κ1) is 9.98. The topological polar surface area (TPSA) is 44.4 Å². The number of nitrogens with one attached hydrogen (secondary N) is 2. The van der Waals surface area contributed by atoms with E-state index in [1.807, 2.05) is 37.2 Å². The molecule has 0 saturated heterocycles. The molecule has 0 fully saturated rings. The summed E-state index contributed by atoms with van der Waals surface area (Å²) < 4.78 is 0. The standard InChI is InChI=1S/C11H15N3O/c1-12-10-8-5-4-7(14(2)3)6-9(8)13-11(10)15/h4-6,10,12H,1-3H3,(H,13,15). The van der Waals surface area contributed by atoms with Crippen LogP contribution in [0.2, 0.25) is 0 Å². The zero-order valence-electron chi connectivity index (χ0n) is 9.16. The number of carbonyl (C=O) groups is 1. The fourth-order valence-electron chi connectivity index (χ4n) is 1.82. The van der Waals surface area contributed by atoms with Crippen LogP contribution in [-0.2, 0) is 4.79 Å². The minimum absolute atomic E-state index is 0.0170. The molecule has 1 aliphatic heterocycles. The van der Waals surface area contributed by atoms with Crippen LogP contribution in [0.3, 0.4) is 0 Å². The monoisotopic (exact) mass is 205 g/mol. The van der Waals surface area contributed by atoms with E-state index in [0.29, 0.717) is 0 Å². The molecule has 2 rings (SSSR count). The van der Waals surface area contributed by atoms with Crippen LogP contribution in [0.15, 0.2) is 18.2 Å². The van der Waals surface area contributed by atoms with Crippen LogP contribution in [-0.4, -0.2) is 27.1 Å². The molecule has 4 heteroatoms. The Labute approximate surface area is 89.3 Å². The number of hydrogen-bond donors (Lipinski definition) is 2. The Morgan fingerprint density at radius 3 is 2.73 bits per heavy atom. The molecule has 15 heavy (non-hydrogen) atoms. The van der Waals surface area contributed by atoms with E-state index < -0.39 is 0 Å². The van der Waals surface area contributed by atoms with E-state index in [2.05, 4.69) is 10.6 Å². The van der Waals surface area contributed by atoms with Crippen molar-refractivity contribution < 1.29 is 4.79 Å². The maximum atomic E-state index is 11.6. The quantitative estimate of drug-likeness (QED) is 0.756. The van der Waals surface area contributed by atoms with E-state index in [1.165, 1.54) is 0 Å². The first-order valence-electron chi connectivity index (χ1n) is 4.93. The molecule has 0 aliphatic carbocycles. The Kier molecular flexibility index (Phi) is 2.36. The van der Waals surface area contributed by atoms with Gasteiger partial charge in [0, 0.05) is 31.0 Å². The van der Waals surface area contributed by atoms with E-state index in [-0.39, 0.29) is 11.9 Å². The number of likely N-dealkylation sites (N-methyl/N-ethyl adjacent to an activating group) is 1. The van der Waals surface area contributed by atoms with E-state index in [4.69, 9.17) is 0 Å². The lowest BCUT2D eigenvalue weighted by atomic mass is 10.1. The molecule has 1 amide bonds. The highest BCUT2D eigenvalue weighted by Gasteiger charge is 2.28. The lowest BCUT2D eigenvalue weighted by Crippen LogP contribution is -2.23. The number of amides is 1. The summed E-state index contributed by atoms with van der Waals surface area (Å²) in [5, 5.41) is 5.86. The Morgan fingerprint density at radius 2 is 2.13 bits per heavy atom. The molecule has 0 aromatic heterocycles. The summed E-state index contributed by atoms with van der Waals surface area (Å²) >= 11 is 0. The van der Waals surface area contributed by atoms with Gasteiger partial charge in [0.2, 0.25) is 5.91 Å². The highest BCUT2D eigenvalue weighted by atomic mass is 16.2. The number of carbonyl (C=O) groups excluding carboxylic acids is 1. The molecule has 1 heterocycles. The van der Waals surface area contributed by atoms with Crippen LogP contribution in [0.1, 0.15) is 11.6 Å².